The number of oxime groups is 1. The van der Waals surface area contributed by atoms with Crippen LogP contribution in [0, 0.1) is 0 Å². The maximum Gasteiger partial charge on any atom is 0.362 e. The monoisotopic (exact) mass is 492 g/mol. The quantitative estimate of drug-likeness (QED) is 0.109. The van der Waals surface area contributed by atoms with Gasteiger partial charge in [-0.1, -0.05) is 5.16 Å². The standard InChI is InChI=1S/C15H20N6O9S2/c1-6(22)17-4-8-10(12(24)21(8)32(27,28)29)19-11(23)9(7-5-31-14(16)18-7)20-30-15(2,3)13(25)26/h5,8,10H,4H2,1-3H3,(H2,16,18)(H,17,22)(H,19,23)(H,25,26)(H,27,28,29)/t8-,10+/m1/s1. The number of carboxylic acid groups (broad SMARTS) is 1. The summed E-state index contributed by atoms with van der Waals surface area (Å²) < 4.78 is 32.3. The van der Waals surface area contributed by atoms with Crippen LogP contribution in [0.15, 0.2) is 10.5 Å². The van der Waals surface area contributed by atoms with Gasteiger partial charge in [0.2, 0.25) is 11.5 Å². The largest absolute Gasteiger partial charge is 0.478 e. The van der Waals surface area contributed by atoms with Crippen LogP contribution in [0.3, 0.4) is 0 Å². The molecule has 2 heterocycles. The molecule has 1 aliphatic rings. The third kappa shape index (κ3) is 5.48. The summed E-state index contributed by atoms with van der Waals surface area (Å²) in [6.07, 6.45) is 0. The van der Waals surface area contributed by atoms with Crippen LogP contribution >= 0.6 is 11.3 Å². The van der Waals surface area contributed by atoms with Crippen LogP contribution < -0.4 is 16.4 Å². The van der Waals surface area contributed by atoms with E-state index < -0.39 is 63.9 Å². The number of aromatic nitrogens is 1. The summed E-state index contributed by atoms with van der Waals surface area (Å²) in [6.45, 7) is 3.09. The van der Waals surface area contributed by atoms with Gasteiger partial charge in [0.15, 0.2) is 10.8 Å². The van der Waals surface area contributed by atoms with Crippen molar-refractivity contribution in [2.24, 2.45) is 5.16 Å². The summed E-state index contributed by atoms with van der Waals surface area (Å²) in [5, 5.41) is 18.6. The number of rotatable bonds is 9. The molecule has 1 saturated heterocycles. The first-order chi connectivity index (χ1) is 14.6. The highest BCUT2D eigenvalue weighted by Crippen LogP contribution is 2.24. The minimum Gasteiger partial charge on any atom is -0.478 e. The van der Waals surface area contributed by atoms with Crippen molar-refractivity contribution in [2.75, 3.05) is 12.3 Å². The van der Waals surface area contributed by atoms with Crippen molar-refractivity contribution in [1.29, 1.82) is 0 Å². The topological polar surface area (TPSA) is 231 Å². The summed E-state index contributed by atoms with van der Waals surface area (Å²) in [5.74, 6) is -4.17. The van der Waals surface area contributed by atoms with Gasteiger partial charge in [0.05, 0.1) is 6.04 Å². The lowest BCUT2D eigenvalue weighted by atomic mass is 9.98. The molecule has 1 aliphatic heterocycles. The van der Waals surface area contributed by atoms with E-state index in [9.17, 15) is 32.1 Å². The first-order valence-electron chi connectivity index (χ1n) is 8.72. The van der Waals surface area contributed by atoms with Crippen LogP contribution in [0.5, 0.6) is 0 Å². The number of hydrogen-bond acceptors (Lipinski definition) is 11. The maximum absolute atomic E-state index is 12.8. The second-order valence-corrected chi connectivity index (χ2v) is 9.16. The summed E-state index contributed by atoms with van der Waals surface area (Å²) in [6, 6.07) is -2.80. The smallest absolute Gasteiger partial charge is 0.362 e. The van der Waals surface area contributed by atoms with Crippen molar-refractivity contribution in [2.45, 2.75) is 38.5 Å². The van der Waals surface area contributed by atoms with Gasteiger partial charge in [0, 0.05) is 18.8 Å². The molecular weight excluding hydrogens is 472 g/mol. The van der Waals surface area contributed by atoms with Gasteiger partial charge >= 0.3 is 16.3 Å². The normalized spacial score (nSPS) is 19.2. The van der Waals surface area contributed by atoms with Crippen LogP contribution in [0.25, 0.3) is 0 Å². The number of carbonyl (C=O) groups is 4. The molecular formula is C15H20N6O9S2. The van der Waals surface area contributed by atoms with Gasteiger partial charge in [-0.2, -0.15) is 8.42 Å². The van der Waals surface area contributed by atoms with Crippen molar-refractivity contribution < 1.29 is 42.1 Å². The van der Waals surface area contributed by atoms with E-state index in [-0.39, 0.29) is 15.1 Å². The van der Waals surface area contributed by atoms with Crippen LogP contribution in [0.1, 0.15) is 26.5 Å². The van der Waals surface area contributed by atoms with Gasteiger partial charge in [0.25, 0.3) is 11.8 Å². The molecule has 3 amide bonds. The highest BCUT2D eigenvalue weighted by Gasteiger charge is 2.54. The number of thiazole rings is 1. The molecule has 1 fully saturated rings. The molecule has 0 bridgehead atoms. The van der Waals surface area contributed by atoms with Crippen LogP contribution in [0.4, 0.5) is 5.13 Å². The fourth-order valence-electron chi connectivity index (χ4n) is 2.42. The van der Waals surface area contributed by atoms with E-state index in [2.05, 4.69) is 20.8 Å². The van der Waals surface area contributed by atoms with Crippen molar-refractivity contribution >= 4 is 56.2 Å². The van der Waals surface area contributed by atoms with Gasteiger partial charge in [-0.05, 0) is 13.8 Å². The Balaban J connectivity index is 2.32. The summed E-state index contributed by atoms with van der Waals surface area (Å²) in [4.78, 5) is 56.3. The number of amides is 3. The van der Waals surface area contributed by atoms with Gasteiger partial charge in [-0.15, -0.1) is 11.3 Å². The zero-order chi connectivity index (χ0) is 24.4. The minimum atomic E-state index is -4.96. The molecule has 1 aromatic heterocycles. The number of hydrogen-bond donors (Lipinski definition) is 5. The first kappa shape index (κ1) is 25.0. The predicted molar refractivity (Wildman–Crippen MR) is 109 cm³/mol. The number of β-lactam (4-membered cyclic amide) rings is 1. The number of nitrogens with one attached hydrogen (secondary N) is 2. The van der Waals surface area contributed by atoms with Gasteiger partial charge in [-0.3, -0.25) is 18.9 Å². The lowest BCUT2D eigenvalue weighted by Crippen LogP contribution is -2.74. The lowest BCUT2D eigenvalue weighted by Gasteiger charge is -2.44. The van der Waals surface area contributed by atoms with Gasteiger partial charge in [0.1, 0.15) is 11.7 Å². The number of carboxylic acids is 1. The molecule has 6 N–H and O–H groups in total. The van der Waals surface area contributed by atoms with E-state index in [0.717, 1.165) is 18.3 Å². The zero-order valence-corrected chi connectivity index (χ0v) is 18.6. The highest BCUT2D eigenvalue weighted by atomic mass is 32.2. The summed E-state index contributed by atoms with van der Waals surface area (Å²) in [7, 11) is -4.96. The van der Waals surface area contributed by atoms with Crippen LogP contribution in [-0.4, -0.2) is 81.0 Å². The molecule has 0 saturated carbocycles. The summed E-state index contributed by atoms with van der Waals surface area (Å²) >= 11 is 0.944. The van der Waals surface area contributed by atoms with Crippen LogP contribution in [-0.2, 0) is 34.3 Å². The Morgan fingerprint density at radius 1 is 1.41 bits per heavy atom. The molecule has 17 heteroatoms. The number of nitrogens with two attached hydrogens (primary N) is 1. The van der Waals surface area contributed by atoms with E-state index in [4.69, 9.17) is 15.7 Å². The maximum atomic E-state index is 12.8. The molecule has 0 radical (unpaired) electrons. The van der Waals surface area contributed by atoms with E-state index >= 15 is 0 Å². The molecule has 2 atom stereocenters. The molecule has 1 aromatic rings. The van der Waals surface area contributed by atoms with E-state index in [0.29, 0.717) is 0 Å². The van der Waals surface area contributed by atoms with Crippen molar-refractivity contribution in [3.8, 4) is 0 Å². The second-order valence-electron chi connectivity index (χ2n) is 6.99. The van der Waals surface area contributed by atoms with Gasteiger partial charge in [-0.25, -0.2) is 14.1 Å². The Bertz CT molecular complexity index is 1080. The third-order valence-electron chi connectivity index (χ3n) is 4.12. The Hall–Kier alpha value is -3.31. The highest BCUT2D eigenvalue weighted by molar-refractivity contribution is 7.84. The molecule has 32 heavy (non-hydrogen) atoms. The van der Waals surface area contributed by atoms with E-state index in [1.165, 1.54) is 19.2 Å². The van der Waals surface area contributed by atoms with Crippen LogP contribution in [0.2, 0.25) is 0 Å². The van der Waals surface area contributed by atoms with Crippen molar-refractivity contribution in [1.82, 2.24) is 19.9 Å². The zero-order valence-electron chi connectivity index (χ0n) is 16.9. The first-order valence-corrected chi connectivity index (χ1v) is 11.0. The Morgan fingerprint density at radius 3 is 2.50 bits per heavy atom. The Kier molecular flexibility index (Phi) is 7.06. The average molecular weight is 492 g/mol. The molecule has 0 aromatic carbocycles. The van der Waals surface area contributed by atoms with Crippen molar-refractivity contribution in [3.63, 3.8) is 0 Å². The SMILES string of the molecule is CC(=O)NC[C@@H]1[C@H](NC(=O)C(=NOC(C)(C)C(=O)O)c2csc(N)n2)C(=O)N1S(=O)(=O)O. The summed E-state index contributed by atoms with van der Waals surface area (Å²) in [5.41, 5.74) is 3.10. The molecule has 176 valence electrons. The number of carbonyl (C=O) groups excluding carboxylic acids is 3. The average Bonchev–Trinajstić information content (AvgIpc) is 3.07. The second kappa shape index (κ2) is 9.05. The minimum absolute atomic E-state index is 0.0544. The Morgan fingerprint density at radius 2 is 2.03 bits per heavy atom. The molecule has 0 spiro atoms. The molecule has 2 rings (SSSR count). The van der Waals surface area contributed by atoms with Crippen molar-refractivity contribution in [3.05, 3.63) is 11.1 Å². The number of nitrogen functional groups attached to an aromatic ring is 1. The van der Waals surface area contributed by atoms with Gasteiger partial charge < -0.3 is 26.3 Å². The number of anilines is 1. The molecule has 0 aliphatic carbocycles. The number of aliphatic carboxylic acids is 1. The fraction of sp³-hybridized carbons (Fsp3) is 0.467. The lowest BCUT2D eigenvalue weighted by molar-refractivity contribution is -0.161. The predicted octanol–water partition coefficient (Wildman–Crippen LogP) is -2.06. The molecule has 15 nitrogen and oxygen atoms in total. The van der Waals surface area contributed by atoms with E-state index in [1.54, 1.807) is 0 Å². The van der Waals surface area contributed by atoms with E-state index in [1.807, 2.05) is 0 Å². The fourth-order valence-corrected chi connectivity index (χ4v) is 3.85. The number of nitrogens with zero attached hydrogens (tertiary/aromatic N) is 3. The third-order valence-corrected chi connectivity index (χ3v) is 5.75. The Labute approximate surface area is 185 Å². The molecule has 0 unspecified atom stereocenters.